The molecule has 2 fully saturated rings. The van der Waals surface area contributed by atoms with Crippen molar-refractivity contribution in [2.45, 2.75) is 37.5 Å². The first-order chi connectivity index (χ1) is 15.3. The van der Waals surface area contributed by atoms with Gasteiger partial charge in [-0.05, 0) is 61.9 Å². The SMILES string of the molecule is O=C1O[C@]2(CC[C@H](CNc3nc4ccc(C(F)(F)F)cc4s3)CC2)CN1c1cccnn1. The van der Waals surface area contributed by atoms with Crippen LogP contribution in [-0.2, 0) is 10.9 Å². The molecule has 1 aliphatic carbocycles. The second-order valence-corrected chi connectivity index (χ2v) is 9.27. The first-order valence-corrected chi connectivity index (χ1v) is 11.1. The summed E-state index contributed by atoms with van der Waals surface area (Å²) in [6.07, 6.45) is 0.0353. The van der Waals surface area contributed by atoms with Crippen LogP contribution in [-0.4, -0.2) is 40.0 Å². The van der Waals surface area contributed by atoms with Gasteiger partial charge in [0.05, 0.1) is 22.3 Å². The molecule has 1 amide bonds. The molecular formula is C21H20F3N5O2S. The summed E-state index contributed by atoms with van der Waals surface area (Å²) in [5.41, 5.74) is -0.621. The van der Waals surface area contributed by atoms with E-state index in [9.17, 15) is 18.0 Å². The van der Waals surface area contributed by atoms with E-state index in [4.69, 9.17) is 4.74 Å². The molecule has 0 radical (unpaired) electrons. The van der Waals surface area contributed by atoms with Crippen LogP contribution < -0.4 is 10.2 Å². The number of thiazole rings is 1. The van der Waals surface area contributed by atoms with Gasteiger partial charge in [-0.2, -0.15) is 18.3 Å². The van der Waals surface area contributed by atoms with Gasteiger partial charge in [-0.25, -0.2) is 9.78 Å². The Morgan fingerprint density at radius 1 is 1.25 bits per heavy atom. The molecule has 32 heavy (non-hydrogen) atoms. The van der Waals surface area contributed by atoms with Gasteiger partial charge in [0.25, 0.3) is 0 Å². The largest absolute Gasteiger partial charge is 0.441 e. The molecule has 0 unspecified atom stereocenters. The summed E-state index contributed by atoms with van der Waals surface area (Å²) in [7, 11) is 0. The Hall–Kier alpha value is -2.95. The van der Waals surface area contributed by atoms with Crippen molar-refractivity contribution in [1.29, 1.82) is 0 Å². The van der Waals surface area contributed by atoms with Gasteiger partial charge in [-0.15, -0.1) is 5.10 Å². The number of benzene rings is 1. The molecule has 1 saturated heterocycles. The van der Waals surface area contributed by atoms with E-state index in [1.165, 1.54) is 22.3 Å². The lowest BCUT2D eigenvalue weighted by atomic mass is 9.78. The van der Waals surface area contributed by atoms with Crippen LogP contribution in [0.3, 0.4) is 0 Å². The highest BCUT2D eigenvalue weighted by Gasteiger charge is 2.48. The molecule has 1 saturated carbocycles. The minimum atomic E-state index is -4.36. The van der Waals surface area contributed by atoms with Crippen molar-refractivity contribution in [2.75, 3.05) is 23.3 Å². The first-order valence-electron chi connectivity index (χ1n) is 10.3. The maximum atomic E-state index is 12.9. The topological polar surface area (TPSA) is 80.2 Å². The van der Waals surface area contributed by atoms with Gasteiger partial charge >= 0.3 is 12.3 Å². The van der Waals surface area contributed by atoms with Crippen molar-refractivity contribution in [3.8, 4) is 0 Å². The average Bonchev–Trinajstić information content (AvgIpc) is 3.33. The van der Waals surface area contributed by atoms with Gasteiger partial charge in [0.2, 0.25) is 0 Å². The van der Waals surface area contributed by atoms with Crippen molar-refractivity contribution in [3.05, 3.63) is 42.1 Å². The van der Waals surface area contributed by atoms with Crippen LogP contribution in [0.1, 0.15) is 31.2 Å². The fourth-order valence-corrected chi connectivity index (χ4v) is 5.23. The maximum Gasteiger partial charge on any atom is 0.416 e. The Bertz CT molecular complexity index is 1130. The van der Waals surface area contributed by atoms with Crippen LogP contribution >= 0.6 is 11.3 Å². The summed E-state index contributed by atoms with van der Waals surface area (Å²) < 4.78 is 45.0. The average molecular weight is 463 g/mol. The third kappa shape index (κ3) is 4.08. The monoisotopic (exact) mass is 463 g/mol. The molecule has 1 aromatic carbocycles. The highest BCUT2D eigenvalue weighted by molar-refractivity contribution is 7.22. The number of ether oxygens (including phenoxy) is 1. The molecule has 7 nitrogen and oxygen atoms in total. The quantitative estimate of drug-likeness (QED) is 0.580. The zero-order chi connectivity index (χ0) is 22.3. The number of nitrogens with one attached hydrogen (secondary N) is 1. The highest BCUT2D eigenvalue weighted by Crippen LogP contribution is 2.41. The number of halogens is 3. The predicted molar refractivity (Wildman–Crippen MR) is 114 cm³/mol. The van der Waals surface area contributed by atoms with E-state index in [0.29, 0.717) is 40.2 Å². The first kappa shape index (κ1) is 20.9. The lowest BCUT2D eigenvalue weighted by Crippen LogP contribution is -2.39. The summed E-state index contributed by atoms with van der Waals surface area (Å²) in [4.78, 5) is 18.3. The summed E-state index contributed by atoms with van der Waals surface area (Å²) in [5.74, 6) is 0.852. The minimum absolute atomic E-state index is 0.364. The zero-order valence-electron chi connectivity index (χ0n) is 16.9. The minimum Gasteiger partial charge on any atom is -0.441 e. The van der Waals surface area contributed by atoms with Gasteiger partial charge in [-0.1, -0.05) is 11.3 Å². The fraction of sp³-hybridized carbons (Fsp3) is 0.429. The standard InChI is InChI=1S/C21H20F3N5O2S/c22-21(23,24)14-3-4-15-16(10-14)32-18(27-15)25-11-13-5-7-20(8-6-13)12-29(19(30)31-20)17-2-1-9-26-28-17/h1-4,9-10,13H,5-8,11-12H2,(H,25,27)/t13-,20-. The number of hydrogen-bond acceptors (Lipinski definition) is 7. The van der Waals surface area contributed by atoms with Crippen LogP contribution in [0.2, 0.25) is 0 Å². The van der Waals surface area contributed by atoms with Crippen LogP contribution in [0.15, 0.2) is 36.5 Å². The smallest absolute Gasteiger partial charge is 0.416 e. The molecule has 2 aromatic heterocycles. The van der Waals surface area contributed by atoms with Crippen LogP contribution in [0, 0.1) is 5.92 Å². The zero-order valence-corrected chi connectivity index (χ0v) is 17.7. The van der Waals surface area contributed by atoms with Gasteiger partial charge in [0, 0.05) is 12.7 Å². The number of carbonyl (C=O) groups is 1. The Morgan fingerprint density at radius 3 is 2.78 bits per heavy atom. The van der Waals surface area contributed by atoms with E-state index >= 15 is 0 Å². The Balaban J connectivity index is 1.18. The Kier molecular flexibility index (Phi) is 5.15. The molecule has 168 valence electrons. The summed E-state index contributed by atoms with van der Waals surface area (Å²) in [6.45, 7) is 1.13. The van der Waals surface area contributed by atoms with Crippen LogP contribution in [0.4, 0.5) is 28.9 Å². The molecule has 1 aliphatic heterocycles. The summed E-state index contributed by atoms with van der Waals surface area (Å²) in [5, 5.41) is 11.7. The molecule has 11 heteroatoms. The Morgan fingerprint density at radius 2 is 2.06 bits per heavy atom. The van der Waals surface area contributed by atoms with Crippen molar-refractivity contribution >= 4 is 38.6 Å². The number of alkyl halides is 3. The number of amides is 1. The van der Waals surface area contributed by atoms with E-state index in [-0.39, 0.29) is 0 Å². The lowest BCUT2D eigenvalue weighted by molar-refractivity contribution is -0.137. The van der Waals surface area contributed by atoms with Crippen molar-refractivity contribution in [3.63, 3.8) is 0 Å². The molecule has 0 atom stereocenters. The van der Waals surface area contributed by atoms with E-state index < -0.39 is 23.4 Å². The molecule has 1 spiro atoms. The number of hydrogen-bond donors (Lipinski definition) is 1. The molecular weight excluding hydrogens is 443 g/mol. The summed E-state index contributed by atoms with van der Waals surface area (Å²) >= 11 is 1.22. The highest BCUT2D eigenvalue weighted by atomic mass is 32.1. The lowest BCUT2D eigenvalue weighted by Gasteiger charge is -2.35. The molecule has 0 bridgehead atoms. The Labute approximate surface area is 185 Å². The predicted octanol–water partition coefficient (Wildman–Crippen LogP) is 5.10. The van der Waals surface area contributed by atoms with Crippen molar-refractivity contribution in [2.24, 2.45) is 5.92 Å². The number of fused-ring (bicyclic) bond motifs is 1. The molecule has 2 aliphatic rings. The van der Waals surface area contributed by atoms with E-state index in [1.54, 1.807) is 18.3 Å². The van der Waals surface area contributed by atoms with Crippen LogP contribution in [0.25, 0.3) is 10.2 Å². The van der Waals surface area contributed by atoms with Gasteiger partial charge in [-0.3, -0.25) is 4.90 Å². The fourth-order valence-electron chi connectivity index (χ4n) is 4.31. The molecule has 3 aromatic rings. The van der Waals surface area contributed by atoms with Gasteiger partial charge in [0.15, 0.2) is 10.9 Å². The second kappa shape index (κ2) is 7.88. The third-order valence-corrected chi connectivity index (χ3v) is 7.06. The second-order valence-electron chi connectivity index (χ2n) is 8.24. The maximum absolute atomic E-state index is 12.9. The van der Waals surface area contributed by atoms with Gasteiger partial charge in [0.1, 0.15) is 5.60 Å². The number of carbonyl (C=O) groups excluding carboxylic acids is 1. The van der Waals surface area contributed by atoms with Crippen LogP contribution in [0.5, 0.6) is 0 Å². The van der Waals surface area contributed by atoms with E-state index in [1.807, 2.05) is 0 Å². The molecule has 3 heterocycles. The summed E-state index contributed by atoms with van der Waals surface area (Å²) in [6, 6.07) is 7.06. The normalized spacial score (nSPS) is 23.7. The van der Waals surface area contributed by atoms with Crippen molar-refractivity contribution in [1.82, 2.24) is 15.2 Å². The van der Waals surface area contributed by atoms with Gasteiger partial charge < -0.3 is 10.1 Å². The van der Waals surface area contributed by atoms with Crippen molar-refractivity contribution < 1.29 is 22.7 Å². The number of aromatic nitrogens is 3. The van der Waals surface area contributed by atoms with E-state index in [2.05, 4.69) is 20.5 Å². The number of rotatable bonds is 4. The third-order valence-electron chi connectivity index (χ3n) is 6.08. The number of anilines is 2. The van der Waals surface area contributed by atoms with E-state index in [0.717, 1.165) is 37.8 Å². The molecule has 1 N–H and O–H groups in total. The molecule has 5 rings (SSSR count). The number of nitrogens with zero attached hydrogens (tertiary/aromatic N) is 4.